The molecule has 0 unspecified atom stereocenters. The van der Waals surface area contributed by atoms with Crippen molar-refractivity contribution in [3.05, 3.63) is 112 Å². The van der Waals surface area contributed by atoms with Crippen LogP contribution in [-0.2, 0) is 6.54 Å². The van der Waals surface area contributed by atoms with Crippen molar-refractivity contribution < 1.29 is 18.8 Å². The van der Waals surface area contributed by atoms with Gasteiger partial charge in [-0.1, -0.05) is 35.9 Å². The van der Waals surface area contributed by atoms with Crippen LogP contribution in [0.5, 0.6) is 0 Å². The Morgan fingerprint density at radius 1 is 0.833 bits per heavy atom. The van der Waals surface area contributed by atoms with Crippen LogP contribution in [0.3, 0.4) is 0 Å². The normalized spacial score (nSPS) is 13.3. The Morgan fingerprint density at radius 3 is 2.33 bits per heavy atom. The predicted octanol–water partition coefficient (Wildman–Crippen LogP) is 6.12. The van der Waals surface area contributed by atoms with Crippen LogP contribution in [-0.4, -0.2) is 48.9 Å². The van der Waals surface area contributed by atoms with Crippen molar-refractivity contribution in [2.75, 3.05) is 41.7 Å². The molecular formula is C32H32FN5O3S. The Balaban J connectivity index is 1.32. The van der Waals surface area contributed by atoms with Crippen molar-refractivity contribution in [3.63, 3.8) is 0 Å². The summed E-state index contributed by atoms with van der Waals surface area (Å²) < 4.78 is 13.3. The number of carbonyl (C=O) groups excluding carboxylic acids is 3. The second kappa shape index (κ2) is 13.3. The van der Waals surface area contributed by atoms with E-state index < -0.39 is 0 Å². The summed E-state index contributed by atoms with van der Waals surface area (Å²) in [5.41, 5.74) is 4.23. The summed E-state index contributed by atoms with van der Waals surface area (Å²) in [4.78, 5) is 43.6. The number of nitrogens with one attached hydrogen (secondary N) is 3. The van der Waals surface area contributed by atoms with Crippen LogP contribution in [0.2, 0.25) is 0 Å². The first kappa shape index (κ1) is 28.8. The molecule has 3 N–H and O–H groups in total. The van der Waals surface area contributed by atoms with Crippen molar-refractivity contribution in [3.8, 4) is 0 Å². The van der Waals surface area contributed by atoms with E-state index in [9.17, 15) is 18.8 Å². The third kappa shape index (κ3) is 7.32. The Hall–Kier alpha value is -4.70. The minimum absolute atomic E-state index is 0.162. The number of amides is 4. The second-order valence-corrected chi connectivity index (χ2v) is 11.0. The van der Waals surface area contributed by atoms with Gasteiger partial charge in [0, 0.05) is 49.8 Å². The Morgan fingerprint density at radius 2 is 1.60 bits per heavy atom. The molecule has 1 fully saturated rings. The lowest BCUT2D eigenvalue weighted by Gasteiger charge is -2.26. The van der Waals surface area contributed by atoms with Gasteiger partial charge < -0.3 is 25.8 Å². The molecule has 1 aromatic heterocycles. The summed E-state index contributed by atoms with van der Waals surface area (Å²) in [5.74, 6) is -0.913. The van der Waals surface area contributed by atoms with E-state index in [0.717, 1.165) is 23.2 Å². The third-order valence-corrected chi connectivity index (χ3v) is 7.91. The molecule has 4 aromatic rings. The molecule has 10 heteroatoms. The fourth-order valence-corrected chi connectivity index (χ4v) is 5.37. The van der Waals surface area contributed by atoms with Gasteiger partial charge >= 0.3 is 6.03 Å². The number of hydrogen-bond donors (Lipinski definition) is 3. The van der Waals surface area contributed by atoms with E-state index in [2.05, 4.69) is 20.9 Å². The highest BCUT2D eigenvalue weighted by atomic mass is 32.1. The van der Waals surface area contributed by atoms with E-state index in [1.54, 1.807) is 41.3 Å². The fourth-order valence-electron chi connectivity index (χ4n) is 4.75. The monoisotopic (exact) mass is 585 g/mol. The van der Waals surface area contributed by atoms with Crippen LogP contribution in [0.4, 0.5) is 26.2 Å². The van der Waals surface area contributed by atoms with E-state index >= 15 is 0 Å². The standard InChI is InChI=1S/C32H32FN5O3S/c1-22-5-11-25(12-6-22)36-32(41)38-16-3-15-37(17-18-38)28-14-13-26(35-31(40)29-4-2-19-42-29)20-27(28)30(39)34-21-23-7-9-24(33)10-8-23/h2,4-14,19-20H,3,15-18,21H2,1H3,(H,34,39)(H,35,40)(H,36,41). The SMILES string of the molecule is Cc1ccc(NC(=O)N2CCCN(c3ccc(NC(=O)c4cccs4)cc3C(=O)NCc3ccc(F)cc3)CC2)cc1. The maximum absolute atomic E-state index is 13.5. The molecule has 2 heterocycles. The highest BCUT2D eigenvalue weighted by molar-refractivity contribution is 7.12. The number of anilines is 3. The van der Waals surface area contributed by atoms with Gasteiger partial charge in [0.15, 0.2) is 0 Å². The van der Waals surface area contributed by atoms with E-state index in [1.807, 2.05) is 42.6 Å². The molecule has 1 saturated heterocycles. The predicted molar refractivity (Wildman–Crippen MR) is 165 cm³/mol. The quantitative estimate of drug-likeness (QED) is 0.244. The molecule has 0 radical (unpaired) electrons. The number of hydrogen-bond acceptors (Lipinski definition) is 5. The topological polar surface area (TPSA) is 93.8 Å². The van der Waals surface area contributed by atoms with Gasteiger partial charge in [0.1, 0.15) is 5.82 Å². The van der Waals surface area contributed by atoms with Gasteiger partial charge in [0.2, 0.25) is 0 Å². The molecule has 0 saturated carbocycles. The maximum atomic E-state index is 13.5. The van der Waals surface area contributed by atoms with Gasteiger partial charge in [-0.15, -0.1) is 11.3 Å². The summed E-state index contributed by atoms with van der Waals surface area (Å²) >= 11 is 1.34. The summed E-state index contributed by atoms with van der Waals surface area (Å²) in [6, 6.07) is 22.3. The first-order chi connectivity index (χ1) is 20.4. The largest absolute Gasteiger partial charge is 0.369 e. The molecule has 3 aromatic carbocycles. The number of benzene rings is 3. The lowest BCUT2D eigenvalue weighted by atomic mass is 10.1. The van der Waals surface area contributed by atoms with Gasteiger partial charge in [-0.05, 0) is 72.8 Å². The average molecular weight is 586 g/mol. The summed E-state index contributed by atoms with van der Waals surface area (Å²) in [6.07, 6.45) is 0.717. The first-order valence-corrected chi connectivity index (χ1v) is 14.6. The highest BCUT2D eigenvalue weighted by Crippen LogP contribution is 2.27. The van der Waals surface area contributed by atoms with Crippen molar-refractivity contribution in [2.24, 2.45) is 0 Å². The fraction of sp³-hybridized carbons (Fsp3) is 0.219. The molecule has 1 aliphatic rings. The summed E-state index contributed by atoms with van der Waals surface area (Å²) in [5, 5.41) is 10.6. The van der Waals surface area contributed by atoms with E-state index in [0.29, 0.717) is 48.0 Å². The minimum Gasteiger partial charge on any atom is -0.369 e. The van der Waals surface area contributed by atoms with Crippen molar-refractivity contribution in [2.45, 2.75) is 19.9 Å². The van der Waals surface area contributed by atoms with Crippen molar-refractivity contribution in [1.29, 1.82) is 0 Å². The number of nitrogens with zero attached hydrogens (tertiary/aromatic N) is 2. The van der Waals surface area contributed by atoms with Gasteiger partial charge in [-0.3, -0.25) is 9.59 Å². The van der Waals surface area contributed by atoms with Crippen LogP contribution < -0.4 is 20.9 Å². The Kier molecular flexibility index (Phi) is 9.13. The molecule has 0 aliphatic carbocycles. The number of thiophene rings is 1. The molecule has 1 aliphatic heterocycles. The zero-order valence-electron chi connectivity index (χ0n) is 23.2. The average Bonchev–Trinajstić information content (AvgIpc) is 3.43. The Bertz CT molecular complexity index is 1540. The molecule has 216 valence electrons. The smallest absolute Gasteiger partial charge is 0.321 e. The molecule has 4 amide bonds. The van der Waals surface area contributed by atoms with Gasteiger partial charge in [-0.2, -0.15) is 0 Å². The van der Waals surface area contributed by atoms with Crippen LogP contribution in [0.25, 0.3) is 0 Å². The van der Waals surface area contributed by atoms with E-state index in [4.69, 9.17) is 0 Å². The molecule has 0 bridgehead atoms. The Labute approximate surface area is 248 Å². The zero-order valence-corrected chi connectivity index (χ0v) is 24.0. The molecule has 0 atom stereocenters. The maximum Gasteiger partial charge on any atom is 0.321 e. The number of urea groups is 1. The molecule has 42 heavy (non-hydrogen) atoms. The van der Waals surface area contributed by atoms with E-state index in [1.165, 1.54) is 23.5 Å². The number of aryl methyl sites for hydroxylation is 1. The second-order valence-electron chi connectivity index (χ2n) is 10.1. The number of carbonyl (C=O) groups is 3. The van der Waals surface area contributed by atoms with E-state index in [-0.39, 0.29) is 30.2 Å². The first-order valence-electron chi connectivity index (χ1n) is 13.7. The van der Waals surface area contributed by atoms with Crippen LogP contribution in [0, 0.1) is 12.7 Å². The van der Waals surface area contributed by atoms with Crippen LogP contribution >= 0.6 is 11.3 Å². The molecular weight excluding hydrogens is 553 g/mol. The van der Waals surface area contributed by atoms with Gasteiger partial charge in [0.25, 0.3) is 11.8 Å². The molecule has 5 rings (SSSR count). The van der Waals surface area contributed by atoms with Gasteiger partial charge in [0.05, 0.1) is 10.4 Å². The lowest BCUT2D eigenvalue weighted by molar-refractivity contribution is 0.0950. The van der Waals surface area contributed by atoms with Crippen molar-refractivity contribution >= 4 is 46.2 Å². The molecule has 8 nitrogen and oxygen atoms in total. The van der Waals surface area contributed by atoms with Crippen LogP contribution in [0.15, 0.2) is 84.2 Å². The highest BCUT2D eigenvalue weighted by Gasteiger charge is 2.23. The number of halogens is 1. The van der Waals surface area contributed by atoms with Crippen LogP contribution in [0.1, 0.15) is 37.6 Å². The van der Waals surface area contributed by atoms with Crippen molar-refractivity contribution in [1.82, 2.24) is 10.2 Å². The lowest BCUT2D eigenvalue weighted by Crippen LogP contribution is -2.38. The van der Waals surface area contributed by atoms with Gasteiger partial charge in [-0.25, -0.2) is 9.18 Å². The summed E-state index contributed by atoms with van der Waals surface area (Å²) in [7, 11) is 0. The third-order valence-electron chi connectivity index (χ3n) is 7.04. The summed E-state index contributed by atoms with van der Waals surface area (Å²) in [6.45, 7) is 4.45. The zero-order chi connectivity index (χ0) is 29.5. The number of rotatable bonds is 7. The molecule has 0 spiro atoms. The minimum atomic E-state index is -0.343.